The summed E-state index contributed by atoms with van der Waals surface area (Å²) in [5, 5.41) is 0. The maximum Gasteiger partial charge on any atom is 0.161 e. The largest absolute Gasteiger partial charge is 0.486 e. The van der Waals surface area contributed by atoms with E-state index in [-0.39, 0.29) is 6.04 Å². The molecule has 0 bridgehead atoms. The van der Waals surface area contributed by atoms with Crippen LogP contribution in [-0.2, 0) is 4.74 Å². The molecular weight excluding hydrogens is 230 g/mol. The molecule has 98 valence electrons. The lowest BCUT2D eigenvalue weighted by Gasteiger charge is -2.21. The molecule has 3 rings (SSSR count). The van der Waals surface area contributed by atoms with E-state index in [0.29, 0.717) is 19.3 Å². The van der Waals surface area contributed by atoms with E-state index < -0.39 is 0 Å². The highest BCUT2D eigenvalue weighted by molar-refractivity contribution is 5.44. The van der Waals surface area contributed by atoms with Crippen molar-refractivity contribution in [3.8, 4) is 11.5 Å². The lowest BCUT2D eigenvalue weighted by molar-refractivity contribution is 0.0982. The van der Waals surface area contributed by atoms with Crippen LogP contribution in [0.1, 0.15) is 30.9 Å². The van der Waals surface area contributed by atoms with E-state index in [1.165, 1.54) is 0 Å². The van der Waals surface area contributed by atoms with Gasteiger partial charge in [0.15, 0.2) is 11.5 Å². The summed E-state index contributed by atoms with van der Waals surface area (Å²) in [4.78, 5) is 0. The predicted molar refractivity (Wildman–Crippen MR) is 68.0 cm³/mol. The van der Waals surface area contributed by atoms with E-state index in [2.05, 4.69) is 0 Å². The van der Waals surface area contributed by atoms with Gasteiger partial charge in [0.25, 0.3) is 0 Å². The molecule has 0 radical (unpaired) electrons. The lowest BCUT2D eigenvalue weighted by atomic mass is 9.99. The highest BCUT2D eigenvalue weighted by Gasteiger charge is 2.21. The Morgan fingerprint density at radius 1 is 1.17 bits per heavy atom. The number of fused-ring (bicyclic) bond motifs is 1. The van der Waals surface area contributed by atoms with Crippen LogP contribution in [0.25, 0.3) is 0 Å². The van der Waals surface area contributed by atoms with Crippen molar-refractivity contribution in [3.05, 3.63) is 23.8 Å². The molecule has 0 spiro atoms. The molecule has 1 saturated heterocycles. The molecule has 1 fully saturated rings. The van der Waals surface area contributed by atoms with Crippen molar-refractivity contribution in [2.45, 2.75) is 31.4 Å². The van der Waals surface area contributed by atoms with Crippen molar-refractivity contribution in [3.63, 3.8) is 0 Å². The van der Waals surface area contributed by atoms with E-state index in [9.17, 15) is 0 Å². The fraction of sp³-hybridized carbons (Fsp3) is 0.571. The highest BCUT2D eigenvalue weighted by Crippen LogP contribution is 2.33. The second kappa shape index (κ2) is 5.16. The molecule has 2 aliphatic heterocycles. The van der Waals surface area contributed by atoms with Gasteiger partial charge in [-0.05, 0) is 37.0 Å². The third kappa shape index (κ3) is 2.44. The minimum Gasteiger partial charge on any atom is -0.486 e. The van der Waals surface area contributed by atoms with Gasteiger partial charge in [0.05, 0.1) is 6.10 Å². The molecule has 0 aromatic heterocycles. The minimum atomic E-state index is 0.00364. The summed E-state index contributed by atoms with van der Waals surface area (Å²) in [5.41, 5.74) is 7.32. The molecule has 0 amide bonds. The van der Waals surface area contributed by atoms with Crippen molar-refractivity contribution in [2.24, 2.45) is 5.73 Å². The van der Waals surface area contributed by atoms with Gasteiger partial charge in [0, 0.05) is 12.6 Å². The van der Waals surface area contributed by atoms with Crippen LogP contribution in [-0.4, -0.2) is 25.9 Å². The third-order valence-electron chi connectivity index (χ3n) is 3.54. The molecular formula is C14H19NO3. The van der Waals surface area contributed by atoms with Crippen LogP contribution >= 0.6 is 0 Å². The Bertz CT molecular complexity index is 416. The Hall–Kier alpha value is -1.26. The monoisotopic (exact) mass is 249 g/mol. The Morgan fingerprint density at radius 3 is 2.78 bits per heavy atom. The van der Waals surface area contributed by atoms with Gasteiger partial charge in [0.2, 0.25) is 0 Å². The first kappa shape index (κ1) is 11.8. The summed E-state index contributed by atoms with van der Waals surface area (Å²) < 4.78 is 16.7. The zero-order chi connectivity index (χ0) is 12.4. The number of ether oxygens (including phenoxy) is 3. The first-order chi connectivity index (χ1) is 8.83. The van der Waals surface area contributed by atoms with Crippen LogP contribution in [0.3, 0.4) is 0 Å². The summed E-state index contributed by atoms with van der Waals surface area (Å²) >= 11 is 0. The molecule has 0 aliphatic carbocycles. The fourth-order valence-corrected chi connectivity index (χ4v) is 2.54. The maximum atomic E-state index is 6.23. The molecule has 0 saturated carbocycles. The molecule has 2 aliphatic rings. The van der Waals surface area contributed by atoms with Crippen molar-refractivity contribution in [1.82, 2.24) is 0 Å². The van der Waals surface area contributed by atoms with E-state index in [4.69, 9.17) is 19.9 Å². The van der Waals surface area contributed by atoms with Crippen molar-refractivity contribution >= 4 is 0 Å². The van der Waals surface area contributed by atoms with Gasteiger partial charge in [0.1, 0.15) is 13.2 Å². The lowest BCUT2D eigenvalue weighted by Crippen LogP contribution is -2.19. The van der Waals surface area contributed by atoms with Gasteiger partial charge in [-0.2, -0.15) is 0 Å². The van der Waals surface area contributed by atoms with Gasteiger partial charge in [-0.3, -0.25) is 0 Å². The second-order valence-electron chi connectivity index (χ2n) is 4.88. The van der Waals surface area contributed by atoms with Crippen LogP contribution in [0.4, 0.5) is 0 Å². The van der Waals surface area contributed by atoms with Crippen LogP contribution in [0.15, 0.2) is 18.2 Å². The number of rotatable bonds is 3. The molecule has 2 atom stereocenters. The quantitative estimate of drug-likeness (QED) is 0.890. The van der Waals surface area contributed by atoms with Crippen LogP contribution < -0.4 is 15.2 Å². The van der Waals surface area contributed by atoms with Gasteiger partial charge >= 0.3 is 0 Å². The van der Waals surface area contributed by atoms with E-state index in [1.54, 1.807) is 0 Å². The van der Waals surface area contributed by atoms with Gasteiger partial charge in [-0.25, -0.2) is 0 Å². The third-order valence-corrected chi connectivity index (χ3v) is 3.54. The zero-order valence-corrected chi connectivity index (χ0v) is 10.4. The van der Waals surface area contributed by atoms with Crippen molar-refractivity contribution in [1.29, 1.82) is 0 Å². The molecule has 1 aromatic carbocycles. The number of benzene rings is 1. The Balaban J connectivity index is 1.70. The molecule has 18 heavy (non-hydrogen) atoms. The first-order valence-electron chi connectivity index (χ1n) is 6.59. The summed E-state index contributed by atoms with van der Waals surface area (Å²) in [5.74, 6) is 1.62. The highest BCUT2D eigenvalue weighted by atomic mass is 16.6. The van der Waals surface area contributed by atoms with Crippen LogP contribution in [0, 0.1) is 0 Å². The molecule has 2 heterocycles. The van der Waals surface area contributed by atoms with E-state index in [0.717, 1.165) is 42.9 Å². The standard InChI is InChI=1S/C14H19NO3/c15-12(9-11-2-1-5-16-11)10-3-4-13-14(8-10)18-7-6-17-13/h3-4,8,11-12H,1-2,5-7,9,15H2. The van der Waals surface area contributed by atoms with E-state index >= 15 is 0 Å². The molecule has 1 aromatic rings. The van der Waals surface area contributed by atoms with Crippen LogP contribution in [0.5, 0.6) is 11.5 Å². The minimum absolute atomic E-state index is 0.00364. The summed E-state index contributed by atoms with van der Waals surface area (Å²) in [6, 6.07) is 5.96. The Labute approximate surface area is 107 Å². The van der Waals surface area contributed by atoms with Gasteiger partial charge in [-0.15, -0.1) is 0 Å². The average molecular weight is 249 g/mol. The molecule has 2 unspecified atom stereocenters. The first-order valence-corrected chi connectivity index (χ1v) is 6.59. The molecule has 2 N–H and O–H groups in total. The zero-order valence-electron chi connectivity index (χ0n) is 10.4. The molecule has 4 heteroatoms. The van der Waals surface area contributed by atoms with Crippen LogP contribution in [0.2, 0.25) is 0 Å². The summed E-state index contributed by atoms with van der Waals surface area (Å²) in [7, 11) is 0. The number of nitrogens with two attached hydrogens (primary N) is 1. The topological polar surface area (TPSA) is 53.7 Å². The smallest absolute Gasteiger partial charge is 0.161 e. The maximum absolute atomic E-state index is 6.23. The normalized spacial score (nSPS) is 23.9. The van der Waals surface area contributed by atoms with Gasteiger partial charge < -0.3 is 19.9 Å². The van der Waals surface area contributed by atoms with E-state index in [1.807, 2.05) is 18.2 Å². The van der Waals surface area contributed by atoms with Crippen molar-refractivity contribution < 1.29 is 14.2 Å². The average Bonchev–Trinajstić information content (AvgIpc) is 2.91. The number of hydrogen-bond donors (Lipinski definition) is 1. The molecule has 4 nitrogen and oxygen atoms in total. The second-order valence-corrected chi connectivity index (χ2v) is 4.88. The number of hydrogen-bond acceptors (Lipinski definition) is 4. The van der Waals surface area contributed by atoms with Crippen molar-refractivity contribution in [2.75, 3.05) is 19.8 Å². The summed E-state index contributed by atoms with van der Waals surface area (Å²) in [6.07, 6.45) is 3.46. The predicted octanol–water partition coefficient (Wildman–Crippen LogP) is 2.03. The Morgan fingerprint density at radius 2 is 2.00 bits per heavy atom. The summed E-state index contributed by atoms with van der Waals surface area (Å²) in [6.45, 7) is 2.10. The van der Waals surface area contributed by atoms with Gasteiger partial charge in [-0.1, -0.05) is 6.07 Å². The Kier molecular flexibility index (Phi) is 3.39. The SMILES string of the molecule is NC(CC1CCCO1)c1ccc2c(c1)OCCO2. The fourth-order valence-electron chi connectivity index (χ4n) is 2.54.